The van der Waals surface area contributed by atoms with Crippen LogP contribution < -0.4 is 0 Å². The normalized spacial score (nSPS) is 18.8. The van der Waals surface area contributed by atoms with Crippen LogP contribution >= 0.6 is 0 Å². The van der Waals surface area contributed by atoms with Crippen molar-refractivity contribution in [2.45, 2.75) is 6.42 Å². The highest BCUT2D eigenvalue weighted by Gasteiger charge is 1.94. The van der Waals surface area contributed by atoms with Crippen molar-refractivity contribution in [3.63, 3.8) is 0 Å². The zero-order valence-electron chi connectivity index (χ0n) is 4.50. The number of rotatable bonds is 0. The fourth-order valence-corrected chi connectivity index (χ4v) is 0.544. The van der Waals surface area contributed by atoms with Gasteiger partial charge in [0.15, 0.2) is 5.78 Å². The molecule has 1 aliphatic heterocycles. The second kappa shape index (κ2) is 2.40. The molecule has 0 fully saturated rings. The summed E-state index contributed by atoms with van der Waals surface area (Å²) in [6, 6.07) is 0. The van der Waals surface area contributed by atoms with Gasteiger partial charge in [-0.25, -0.2) is 0 Å². The van der Waals surface area contributed by atoms with Gasteiger partial charge in [0.25, 0.3) is 0 Å². The zero-order valence-corrected chi connectivity index (χ0v) is 4.50. The molecule has 0 aromatic rings. The van der Waals surface area contributed by atoms with E-state index in [4.69, 9.17) is 0 Å². The summed E-state index contributed by atoms with van der Waals surface area (Å²) in [5.74, 6) is 0.169. The molecule has 0 bridgehead atoms. The number of nitrogens with zero attached hydrogens (tertiary/aromatic N) is 1. The van der Waals surface area contributed by atoms with E-state index in [9.17, 15) is 4.79 Å². The highest BCUT2D eigenvalue weighted by atomic mass is 16.1. The summed E-state index contributed by atoms with van der Waals surface area (Å²) in [7, 11) is 0. The molecule has 0 saturated carbocycles. The number of carbonyl (C=O) groups is 1. The van der Waals surface area contributed by atoms with Crippen molar-refractivity contribution in [1.29, 1.82) is 0 Å². The molecule has 1 aliphatic rings. The van der Waals surface area contributed by atoms with Crippen LogP contribution in [0.2, 0.25) is 0 Å². The molecule has 0 spiro atoms. The van der Waals surface area contributed by atoms with E-state index in [-0.39, 0.29) is 5.78 Å². The Bertz CT molecular complexity index is 147. The molecule has 0 amide bonds. The summed E-state index contributed by atoms with van der Waals surface area (Å²) in [4.78, 5) is 14.4. The molecule has 0 aromatic carbocycles. The van der Waals surface area contributed by atoms with Crippen molar-refractivity contribution in [3.05, 3.63) is 12.2 Å². The number of hydrogen-bond donors (Lipinski definition) is 0. The van der Waals surface area contributed by atoms with E-state index in [1.807, 2.05) is 0 Å². The van der Waals surface area contributed by atoms with Gasteiger partial charge in [-0.1, -0.05) is 0 Å². The molecule has 0 aromatic heterocycles. The van der Waals surface area contributed by atoms with Crippen LogP contribution in [0, 0.1) is 0 Å². The second-order valence-corrected chi connectivity index (χ2v) is 1.63. The Morgan fingerprint density at radius 2 is 2.50 bits per heavy atom. The Labute approximate surface area is 47.9 Å². The maximum atomic E-state index is 10.5. The Balaban J connectivity index is 2.58. The Morgan fingerprint density at radius 1 is 1.62 bits per heavy atom. The van der Waals surface area contributed by atoms with Crippen molar-refractivity contribution in [1.82, 2.24) is 0 Å². The van der Waals surface area contributed by atoms with Crippen LogP contribution in [0.1, 0.15) is 6.42 Å². The van der Waals surface area contributed by atoms with E-state index >= 15 is 0 Å². The van der Waals surface area contributed by atoms with Gasteiger partial charge < -0.3 is 0 Å². The van der Waals surface area contributed by atoms with Gasteiger partial charge in [-0.2, -0.15) is 0 Å². The number of hydrogen-bond acceptors (Lipinski definition) is 2. The van der Waals surface area contributed by atoms with Gasteiger partial charge in [0.2, 0.25) is 0 Å². The van der Waals surface area contributed by atoms with Gasteiger partial charge >= 0.3 is 0 Å². The summed E-state index contributed by atoms with van der Waals surface area (Å²) in [6.07, 6.45) is 5.45. The summed E-state index contributed by atoms with van der Waals surface area (Å²) in [6.45, 7) is 0.645. The molecule has 2 heteroatoms. The van der Waals surface area contributed by atoms with E-state index < -0.39 is 0 Å². The molecule has 0 aliphatic carbocycles. The van der Waals surface area contributed by atoms with Crippen molar-refractivity contribution < 1.29 is 4.79 Å². The largest absolute Gasteiger partial charge is 0.295 e. The highest BCUT2D eigenvalue weighted by Crippen LogP contribution is 1.89. The van der Waals surface area contributed by atoms with Gasteiger partial charge in [-0.15, -0.1) is 0 Å². The Kier molecular flexibility index (Phi) is 1.57. The third-order valence-corrected chi connectivity index (χ3v) is 0.961. The molecule has 0 atom stereocenters. The molecule has 0 N–H and O–H groups in total. The predicted octanol–water partition coefficient (Wildman–Crippen LogP) is 0.586. The third-order valence-electron chi connectivity index (χ3n) is 0.961. The van der Waals surface area contributed by atoms with Crippen LogP contribution in [-0.4, -0.2) is 18.5 Å². The van der Waals surface area contributed by atoms with E-state index in [2.05, 4.69) is 4.99 Å². The summed E-state index contributed by atoms with van der Waals surface area (Å²) < 4.78 is 0. The average molecular weight is 109 g/mol. The van der Waals surface area contributed by atoms with Crippen molar-refractivity contribution in [2.24, 2.45) is 4.99 Å². The minimum atomic E-state index is 0.169. The first-order valence-corrected chi connectivity index (χ1v) is 2.59. The highest BCUT2D eigenvalue weighted by molar-refractivity contribution is 5.94. The molecule has 0 radical (unpaired) electrons. The lowest BCUT2D eigenvalue weighted by atomic mass is 10.3. The molecule has 42 valence electrons. The Morgan fingerprint density at radius 3 is 3.38 bits per heavy atom. The quantitative estimate of drug-likeness (QED) is 0.447. The SMILES string of the molecule is O=C1C=CC=NCC1. The lowest BCUT2D eigenvalue weighted by molar-refractivity contribution is -0.114. The fourth-order valence-electron chi connectivity index (χ4n) is 0.544. The molecule has 1 rings (SSSR count). The van der Waals surface area contributed by atoms with Crippen molar-refractivity contribution in [3.8, 4) is 0 Å². The molecular weight excluding hydrogens is 102 g/mol. The van der Waals surface area contributed by atoms with E-state index in [0.29, 0.717) is 13.0 Å². The Hall–Kier alpha value is -0.920. The van der Waals surface area contributed by atoms with Gasteiger partial charge in [0.05, 0.1) is 0 Å². The third kappa shape index (κ3) is 1.30. The number of ketones is 1. The molecule has 0 saturated heterocycles. The number of allylic oxidation sites excluding steroid dienone is 2. The first-order valence-electron chi connectivity index (χ1n) is 2.59. The summed E-state index contributed by atoms with van der Waals surface area (Å²) in [5, 5.41) is 0. The monoisotopic (exact) mass is 109 g/mol. The van der Waals surface area contributed by atoms with E-state index in [0.717, 1.165) is 0 Å². The minimum absolute atomic E-state index is 0.169. The maximum Gasteiger partial charge on any atom is 0.157 e. The lowest BCUT2D eigenvalue weighted by Crippen LogP contribution is -1.91. The van der Waals surface area contributed by atoms with E-state index in [1.54, 1.807) is 18.4 Å². The van der Waals surface area contributed by atoms with Gasteiger partial charge in [-0.3, -0.25) is 9.79 Å². The van der Waals surface area contributed by atoms with Crippen LogP contribution in [0.15, 0.2) is 17.1 Å². The molecule has 2 nitrogen and oxygen atoms in total. The average Bonchev–Trinajstić information content (AvgIpc) is 1.94. The smallest absolute Gasteiger partial charge is 0.157 e. The molecule has 8 heavy (non-hydrogen) atoms. The van der Waals surface area contributed by atoms with Crippen molar-refractivity contribution in [2.75, 3.05) is 6.54 Å². The van der Waals surface area contributed by atoms with Crippen molar-refractivity contribution >= 4 is 12.0 Å². The minimum Gasteiger partial charge on any atom is -0.295 e. The molecule has 0 unspecified atom stereocenters. The zero-order chi connectivity index (χ0) is 5.82. The number of carbonyl (C=O) groups excluding carboxylic acids is 1. The van der Waals surface area contributed by atoms with Gasteiger partial charge in [0, 0.05) is 19.2 Å². The lowest BCUT2D eigenvalue weighted by Gasteiger charge is -1.82. The topological polar surface area (TPSA) is 29.4 Å². The van der Waals surface area contributed by atoms with Crippen LogP contribution in [0.5, 0.6) is 0 Å². The number of aliphatic imine (C=N–C) groups is 1. The molecule has 1 heterocycles. The first-order chi connectivity index (χ1) is 3.89. The van der Waals surface area contributed by atoms with Crippen LogP contribution in [-0.2, 0) is 4.79 Å². The maximum absolute atomic E-state index is 10.5. The van der Waals surface area contributed by atoms with Gasteiger partial charge in [-0.05, 0) is 12.2 Å². The standard InChI is InChI=1S/C6H7NO/c8-6-2-1-4-7-5-3-6/h1-2,4H,3,5H2. The van der Waals surface area contributed by atoms with Crippen LogP contribution in [0.25, 0.3) is 0 Å². The predicted molar refractivity (Wildman–Crippen MR) is 32.1 cm³/mol. The second-order valence-electron chi connectivity index (χ2n) is 1.63. The summed E-state index contributed by atoms with van der Waals surface area (Å²) in [5.41, 5.74) is 0. The summed E-state index contributed by atoms with van der Waals surface area (Å²) >= 11 is 0. The van der Waals surface area contributed by atoms with Crippen LogP contribution in [0.4, 0.5) is 0 Å². The van der Waals surface area contributed by atoms with E-state index in [1.165, 1.54) is 0 Å². The fraction of sp³-hybridized carbons (Fsp3) is 0.333. The molecular formula is C6H7NO. The van der Waals surface area contributed by atoms with Gasteiger partial charge in [0.1, 0.15) is 0 Å². The first kappa shape index (κ1) is 5.22. The van der Waals surface area contributed by atoms with Crippen LogP contribution in [0.3, 0.4) is 0 Å².